The first-order chi connectivity index (χ1) is 8.96. The van der Waals surface area contributed by atoms with E-state index in [4.69, 9.17) is 4.74 Å². The molecule has 3 aliphatic rings. The normalized spacial score (nSPS) is 43.1. The molecule has 1 spiro atoms. The first-order valence-electron chi connectivity index (χ1n) is 8.32. The highest BCUT2D eigenvalue weighted by Crippen LogP contribution is 2.56. The standard InChI is InChI=1S/C18H30O/c1-5-15(17(2,3)4)16-13-9-10-14-8-6-7-11-18(14,12-13)19-16/h7,11,13-16H,5-6,8-10,12H2,1-4H3. The Kier molecular flexibility index (Phi) is 3.32. The minimum atomic E-state index is 0.129. The number of allylic oxidation sites excluding steroid dienone is 1. The van der Waals surface area contributed by atoms with Gasteiger partial charge < -0.3 is 4.74 Å². The molecule has 0 aromatic rings. The predicted molar refractivity (Wildman–Crippen MR) is 80.0 cm³/mol. The molecule has 1 heteroatoms. The van der Waals surface area contributed by atoms with E-state index in [2.05, 4.69) is 39.8 Å². The summed E-state index contributed by atoms with van der Waals surface area (Å²) in [6.45, 7) is 9.50. The molecule has 5 atom stereocenters. The van der Waals surface area contributed by atoms with Gasteiger partial charge in [-0.3, -0.25) is 0 Å². The van der Waals surface area contributed by atoms with Crippen LogP contribution in [0.1, 0.15) is 66.2 Å². The largest absolute Gasteiger partial charge is 0.367 e. The van der Waals surface area contributed by atoms with Crippen molar-refractivity contribution in [3.8, 4) is 0 Å². The van der Waals surface area contributed by atoms with Crippen molar-refractivity contribution in [2.24, 2.45) is 23.2 Å². The van der Waals surface area contributed by atoms with Gasteiger partial charge in [0.2, 0.25) is 0 Å². The smallest absolute Gasteiger partial charge is 0.0898 e. The van der Waals surface area contributed by atoms with Crippen LogP contribution in [-0.4, -0.2) is 11.7 Å². The summed E-state index contributed by atoms with van der Waals surface area (Å²) in [5.41, 5.74) is 0.492. The summed E-state index contributed by atoms with van der Waals surface area (Å²) in [4.78, 5) is 0. The molecule has 0 aromatic carbocycles. The molecule has 3 rings (SSSR count). The zero-order chi connectivity index (χ0) is 13.7. The Bertz CT molecular complexity index is 364. The average Bonchev–Trinajstić information content (AvgIpc) is 2.61. The summed E-state index contributed by atoms with van der Waals surface area (Å²) >= 11 is 0. The molecule has 2 fully saturated rings. The Labute approximate surface area is 118 Å². The van der Waals surface area contributed by atoms with Gasteiger partial charge in [0.15, 0.2) is 0 Å². The van der Waals surface area contributed by atoms with Crippen LogP contribution in [0.25, 0.3) is 0 Å². The van der Waals surface area contributed by atoms with Gasteiger partial charge in [0.1, 0.15) is 0 Å². The lowest BCUT2D eigenvalue weighted by molar-refractivity contribution is -0.0858. The summed E-state index contributed by atoms with van der Waals surface area (Å²) in [6.07, 6.45) is 13.3. The maximum Gasteiger partial charge on any atom is 0.0898 e. The lowest BCUT2D eigenvalue weighted by Gasteiger charge is -2.40. The quantitative estimate of drug-likeness (QED) is 0.639. The molecular formula is C18H30O. The minimum Gasteiger partial charge on any atom is -0.367 e. The second-order valence-corrected chi connectivity index (χ2v) is 8.14. The summed E-state index contributed by atoms with van der Waals surface area (Å²) in [5, 5.41) is 0. The molecule has 0 N–H and O–H groups in total. The highest BCUT2D eigenvalue weighted by atomic mass is 16.5. The minimum absolute atomic E-state index is 0.129. The number of rotatable bonds is 2. The van der Waals surface area contributed by atoms with E-state index in [1.807, 2.05) is 0 Å². The number of ether oxygens (including phenoxy) is 1. The van der Waals surface area contributed by atoms with Gasteiger partial charge in [-0.1, -0.05) is 46.3 Å². The van der Waals surface area contributed by atoms with Crippen LogP contribution in [0.4, 0.5) is 0 Å². The summed E-state index contributed by atoms with van der Waals surface area (Å²) in [7, 11) is 0. The van der Waals surface area contributed by atoms with E-state index < -0.39 is 0 Å². The molecule has 5 unspecified atom stereocenters. The average molecular weight is 262 g/mol. The molecule has 2 aliphatic carbocycles. The monoisotopic (exact) mass is 262 g/mol. The van der Waals surface area contributed by atoms with Gasteiger partial charge in [-0.05, 0) is 55.3 Å². The topological polar surface area (TPSA) is 9.23 Å². The van der Waals surface area contributed by atoms with Gasteiger partial charge in [0.05, 0.1) is 11.7 Å². The van der Waals surface area contributed by atoms with Crippen molar-refractivity contribution in [3.05, 3.63) is 12.2 Å². The van der Waals surface area contributed by atoms with Crippen LogP contribution < -0.4 is 0 Å². The Morgan fingerprint density at radius 2 is 2.05 bits per heavy atom. The molecule has 0 radical (unpaired) electrons. The summed E-state index contributed by atoms with van der Waals surface area (Å²) in [5.74, 6) is 2.31. The van der Waals surface area contributed by atoms with Gasteiger partial charge in [-0.2, -0.15) is 0 Å². The molecule has 0 aromatic heterocycles. The summed E-state index contributed by atoms with van der Waals surface area (Å²) < 4.78 is 6.77. The van der Waals surface area contributed by atoms with Crippen LogP contribution in [0.2, 0.25) is 0 Å². The maximum absolute atomic E-state index is 6.77. The molecule has 0 amide bonds. The van der Waals surface area contributed by atoms with Crippen LogP contribution in [0.15, 0.2) is 12.2 Å². The Morgan fingerprint density at radius 1 is 1.26 bits per heavy atom. The molecule has 2 bridgehead atoms. The molecule has 1 heterocycles. The van der Waals surface area contributed by atoms with Gasteiger partial charge in [-0.25, -0.2) is 0 Å². The maximum atomic E-state index is 6.77. The second kappa shape index (κ2) is 4.62. The van der Waals surface area contributed by atoms with Crippen LogP contribution in [0.3, 0.4) is 0 Å². The Balaban J connectivity index is 1.87. The second-order valence-electron chi connectivity index (χ2n) is 8.14. The number of hydrogen-bond acceptors (Lipinski definition) is 1. The molecule has 108 valence electrons. The Hall–Kier alpha value is -0.300. The SMILES string of the molecule is CCC(C1OC23C=CCCC2CCC1C3)C(C)(C)C. The zero-order valence-corrected chi connectivity index (χ0v) is 13.1. The highest BCUT2D eigenvalue weighted by molar-refractivity contribution is 5.17. The summed E-state index contributed by atoms with van der Waals surface area (Å²) in [6, 6.07) is 0. The van der Waals surface area contributed by atoms with E-state index >= 15 is 0 Å². The molecule has 1 aliphatic heterocycles. The fraction of sp³-hybridized carbons (Fsp3) is 0.889. The lowest BCUT2D eigenvalue weighted by Crippen LogP contribution is -2.40. The van der Waals surface area contributed by atoms with E-state index in [1.165, 1.54) is 38.5 Å². The molecule has 1 saturated carbocycles. The molecule has 1 nitrogen and oxygen atoms in total. The highest BCUT2D eigenvalue weighted by Gasteiger charge is 2.55. The van der Waals surface area contributed by atoms with Crippen LogP contribution in [0, 0.1) is 23.2 Å². The third kappa shape index (κ3) is 2.18. The van der Waals surface area contributed by atoms with Crippen molar-refractivity contribution < 1.29 is 4.74 Å². The van der Waals surface area contributed by atoms with Crippen molar-refractivity contribution >= 4 is 0 Å². The van der Waals surface area contributed by atoms with E-state index in [0.717, 1.165) is 11.8 Å². The van der Waals surface area contributed by atoms with Crippen molar-refractivity contribution in [1.29, 1.82) is 0 Å². The van der Waals surface area contributed by atoms with Crippen LogP contribution >= 0.6 is 0 Å². The fourth-order valence-corrected chi connectivity index (χ4v) is 5.07. The van der Waals surface area contributed by atoms with Gasteiger partial charge in [-0.15, -0.1) is 0 Å². The van der Waals surface area contributed by atoms with Crippen molar-refractivity contribution in [2.45, 2.75) is 77.9 Å². The van der Waals surface area contributed by atoms with Gasteiger partial charge in [0.25, 0.3) is 0 Å². The van der Waals surface area contributed by atoms with Crippen LogP contribution in [-0.2, 0) is 4.74 Å². The number of hydrogen-bond donors (Lipinski definition) is 0. The first-order valence-corrected chi connectivity index (χ1v) is 8.32. The molecular weight excluding hydrogens is 232 g/mol. The fourth-order valence-electron chi connectivity index (χ4n) is 5.07. The van der Waals surface area contributed by atoms with E-state index in [1.54, 1.807) is 0 Å². The third-order valence-corrected chi connectivity index (χ3v) is 6.01. The van der Waals surface area contributed by atoms with Crippen LogP contribution in [0.5, 0.6) is 0 Å². The van der Waals surface area contributed by atoms with Gasteiger partial charge in [0, 0.05) is 0 Å². The number of fused-ring (bicyclic) bond motifs is 1. The Morgan fingerprint density at radius 3 is 2.74 bits per heavy atom. The van der Waals surface area contributed by atoms with Crippen molar-refractivity contribution in [1.82, 2.24) is 0 Å². The molecule has 1 saturated heterocycles. The predicted octanol–water partition coefficient (Wildman–Crippen LogP) is 4.96. The van der Waals surface area contributed by atoms with Crippen molar-refractivity contribution in [2.75, 3.05) is 0 Å². The van der Waals surface area contributed by atoms with E-state index in [-0.39, 0.29) is 5.60 Å². The van der Waals surface area contributed by atoms with E-state index in [9.17, 15) is 0 Å². The lowest BCUT2D eigenvalue weighted by atomic mass is 9.65. The molecule has 19 heavy (non-hydrogen) atoms. The zero-order valence-electron chi connectivity index (χ0n) is 13.1. The van der Waals surface area contributed by atoms with E-state index in [0.29, 0.717) is 17.4 Å². The van der Waals surface area contributed by atoms with Crippen molar-refractivity contribution in [3.63, 3.8) is 0 Å². The third-order valence-electron chi connectivity index (χ3n) is 6.01. The first kappa shape index (κ1) is 13.7. The van der Waals surface area contributed by atoms with Gasteiger partial charge >= 0.3 is 0 Å².